The first-order valence-corrected chi connectivity index (χ1v) is 9.83. The quantitative estimate of drug-likeness (QED) is 0.786. The van der Waals surface area contributed by atoms with E-state index >= 15 is 0 Å². The molecule has 0 amide bonds. The summed E-state index contributed by atoms with van der Waals surface area (Å²) in [6.07, 6.45) is 3.28. The summed E-state index contributed by atoms with van der Waals surface area (Å²) in [6.45, 7) is 0. The second kappa shape index (κ2) is 5.62. The average molecular weight is 314 g/mol. The highest BCUT2D eigenvalue weighted by Gasteiger charge is 2.22. The molecule has 21 heavy (non-hydrogen) atoms. The maximum atomic E-state index is 12.0. The van der Waals surface area contributed by atoms with E-state index in [9.17, 15) is 4.21 Å². The van der Waals surface area contributed by atoms with Gasteiger partial charge in [-0.3, -0.25) is 4.21 Å². The van der Waals surface area contributed by atoms with Crippen LogP contribution in [0.15, 0.2) is 52.3 Å². The number of fused-ring (bicyclic) bond motifs is 2. The normalized spacial score (nSPS) is 24.2. The zero-order valence-electron chi connectivity index (χ0n) is 11.9. The number of thioether (sulfide) groups is 1. The third kappa shape index (κ3) is 2.58. The Morgan fingerprint density at radius 3 is 2.95 bits per heavy atom. The third-order valence-electron chi connectivity index (χ3n) is 4.46. The van der Waals surface area contributed by atoms with E-state index in [1.54, 1.807) is 0 Å². The lowest BCUT2D eigenvalue weighted by atomic mass is 9.91. The van der Waals surface area contributed by atoms with Crippen molar-refractivity contribution in [2.45, 2.75) is 35.0 Å². The zero-order valence-corrected chi connectivity index (χ0v) is 13.5. The summed E-state index contributed by atoms with van der Waals surface area (Å²) in [5, 5.41) is 0. The average Bonchev–Trinajstić information content (AvgIpc) is 2.54. The molecular formula is C18H18OS2. The van der Waals surface area contributed by atoms with Crippen LogP contribution in [0.4, 0.5) is 0 Å². The van der Waals surface area contributed by atoms with Crippen LogP contribution in [0, 0.1) is 0 Å². The van der Waals surface area contributed by atoms with Crippen LogP contribution >= 0.6 is 11.8 Å². The molecule has 0 N–H and O–H groups in total. The molecule has 0 bridgehead atoms. The molecule has 2 unspecified atom stereocenters. The summed E-state index contributed by atoms with van der Waals surface area (Å²) in [5.74, 6) is 2.57. The molecule has 1 nitrogen and oxygen atoms in total. The third-order valence-corrected chi connectivity index (χ3v) is 7.28. The van der Waals surface area contributed by atoms with Crippen LogP contribution in [-0.4, -0.2) is 15.7 Å². The largest absolute Gasteiger partial charge is 0.254 e. The molecule has 2 heterocycles. The monoisotopic (exact) mass is 314 g/mol. The summed E-state index contributed by atoms with van der Waals surface area (Å²) >= 11 is 1.97. The Bertz CT molecular complexity index is 708. The van der Waals surface area contributed by atoms with Crippen LogP contribution in [0.2, 0.25) is 0 Å². The van der Waals surface area contributed by atoms with Gasteiger partial charge >= 0.3 is 0 Å². The Hall–Kier alpha value is -1.06. The van der Waals surface area contributed by atoms with E-state index < -0.39 is 10.8 Å². The van der Waals surface area contributed by atoms with Gasteiger partial charge in [-0.2, -0.15) is 0 Å². The molecule has 4 rings (SSSR count). The lowest BCUT2D eigenvalue weighted by Crippen LogP contribution is -2.14. The molecule has 0 fully saturated rings. The maximum absolute atomic E-state index is 12.0. The van der Waals surface area contributed by atoms with Gasteiger partial charge in [0, 0.05) is 21.3 Å². The van der Waals surface area contributed by atoms with Gasteiger partial charge in [0.05, 0.1) is 10.8 Å². The minimum atomic E-state index is -0.770. The Kier molecular flexibility index (Phi) is 3.64. The smallest absolute Gasteiger partial charge is 0.0532 e. The van der Waals surface area contributed by atoms with Crippen molar-refractivity contribution < 1.29 is 4.21 Å². The minimum absolute atomic E-state index is 0.588. The molecule has 108 valence electrons. The van der Waals surface area contributed by atoms with Crippen LogP contribution in [0.25, 0.3) is 0 Å². The molecule has 0 saturated heterocycles. The number of aryl methyl sites for hydroxylation is 1. The first kappa shape index (κ1) is 13.6. The number of benzene rings is 2. The standard InChI is InChI=1S/C18H18OS2/c19-21-9-3-5-15-10-13(7-8-18(15)21)16-11-14-4-1-2-6-17(14)20-12-16/h1-2,4,6-8,10,16H,3,5,9,11-12H2. The Morgan fingerprint density at radius 2 is 2.00 bits per heavy atom. The fourth-order valence-corrected chi connectivity index (χ4v) is 5.82. The SMILES string of the molecule is O=S1CCCc2cc(C3CSc4ccccc4C3)ccc21. The van der Waals surface area contributed by atoms with Crippen LogP contribution in [0.1, 0.15) is 29.0 Å². The van der Waals surface area contributed by atoms with E-state index in [0.717, 1.165) is 35.7 Å². The first-order valence-electron chi connectivity index (χ1n) is 7.53. The second-order valence-corrected chi connectivity index (χ2v) is 8.44. The second-order valence-electron chi connectivity index (χ2n) is 5.84. The molecule has 2 aromatic carbocycles. The lowest BCUT2D eigenvalue weighted by molar-refractivity contribution is 0.673. The van der Waals surface area contributed by atoms with Crippen LogP contribution in [-0.2, 0) is 23.6 Å². The van der Waals surface area contributed by atoms with Crippen LogP contribution in [0.5, 0.6) is 0 Å². The molecular weight excluding hydrogens is 296 g/mol. The van der Waals surface area contributed by atoms with E-state index in [1.807, 2.05) is 11.8 Å². The molecule has 0 aromatic heterocycles. The summed E-state index contributed by atoms with van der Waals surface area (Å²) in [5.41, 5.74) is 4.22. The van der Waals surface area contributed by atoms with Crippen molar-refractivity contribution in [2.75, 3.05) is 11.5 Å². The van der Waals surface area contributed by atoms with Crippen molar-refractivity contribution in [3.05, 3.63) is 59.2 Å². The van der Waals surface area contributed by atoms with Gasteiger partial charge in [0.15, 0.2) is 0 Å². The van der Waals surface area contributed by atoms with Gasteiger partial charge in [0.2, 0.25) is 0 Å². The lowest BCUT2D eigenvalue weighted by Gasteiger charge is -2.26. The van der Waals surface area contributed by atoms with Crippen LogP contribution < -0.4 is 0 Å². The number of hydrogen-bond donors (Lipinski definition) is 0. The molecule has 2 aliphatic rings. The topological polar surface area (TPSA) is 17.1 Å². The number of hydrogen-bond acceptors (Lipinski definition) is 2. The summed E-state index contributed by atoms with van der Waals surface area (Å²) < 4.78 is 12.0. The summed E-state index contributed by atoms with van der Waals surface area (Å²) in [4.78, 5) is 2.52. The van der Waals surface area contributed by atoms with Crippen molar-refractivity contribution in [1.29, 1.82) is 0 Å². The highest BCUT2D eigenvalue weighted by atomic mass is 32.2. The van der Waals surface area contributed by atoms with Gasteiger partial charge in [-0.15, -0.1) is 11.8 Å². The van der Waals surface area contributed by atoms with E-state index in [1.165, 1.54) is 21.6 Å². The van der Waals surface area contributed by atoms with Crippen LogP contribution in [0.3, 0.4) is 0 Å². The van der Waals surface area contributed by atoms with Gasteiger partial charge in [0.1, 0.15) is 0 Å². The van der Waals surface area contributed by atoms with Crippen molar-refractivity contribution in [3.63, 3.8) is 0 Å². The molecule has 0 spiro atoms. The van der Waals surface area contributed by atoms with Crippen molar-refractivity contribution in [3.8, 4) is 0 Å². The molecule has 3 heteroatoms. The highest BCUT2D eigenvalue weighted by molar-refractivity contribution is 7.99. The summed E-state index contributed by atoms with van der Waals surface area (Å²) in [6, 6.07) is 15.4. The molecule has 0 aliphatic carbocycles. The van der Waals surface area contributed by atoms with Gasteiger partial charge in [-0.25, -0.2) is 0 Å². The molecule has 0 radical (unpaired) electrons. The Balaban J connectivity index is 1.65. The van der Waals surface area contributed by atoms with E-state index in [-0.39, 0.29) is 0 Å². The van der Waals surface area contributed by atoms with Gasteiger partial charge in [-0.1, -0.05) is 30.3 Å². The molecule has 2 aliphatic heterocycles. The van der Waals surface area contributed by atoms with E-state index in [0.29, 0.717) is 5.92 Å². The van der Waals surface area contributed by atoms with E-state index in [4.69, 9.17) is 0 Å². The van der Waals surface area contributed by atoms with Gasteiger partial charge in [-0.05, 0) is 54.0 Å². The zero-order chi connectivity index (χ0) is 14.2. The molecule has 2 aromatic rings. The molecule has 0 saturated carbocycles. The minimum Gasteiger partial charge on any atom is -0.254 e. The van der Waals surface area contributed by atoms with Gasteiger partial charge in [0.25, 0.3) is 0 Å². The predicted octanol–water partition coefficient (Wildman–Crippen LogP) is 4.17. The highest BCUT2D eigenvalue weighted by Crippen LogP contribution is 2.38. The Morgan fingerprint density at radius 1 is 1.10 bits per heavy atom. The van der Waals surface area contributed by atoms with Gasteiger partial charge < -0.3 is 0 Å². The number of rotatable bonds is 1. The fraction of sp³-hybridized carbons (Fsp3) is 0.333. The first-order chi connectivity index (χ1) is 10.3. The molecule has 2 atom stereocenters. The van der Waals surface area contributed by atoms with E-state index in [2.05, 4.69) is 42.5 Å². The van der Waals surface area contributed by atoms with Crippen molar-refractivity contribution in [2.24, 2.45) is 0 Å². The Labute approximate surface area is 132 Å². The maximum Gasteiger partial charge on any atom is 0.0532 e. The predicted molar refractivity (Wildman–Crippen MR) is 89.6 cm³/mol. The van der Waals surface area contributed by atoms with Crippen molar-refractivity contribution >= 4 is 22.6 Å². The van der Waals surface area contributed by atoms with Crippen molar-refractivity contribution in [1.82, 2.24) is 0 Å². The fourth-order valence-electron chi connectivity index (χ4n) is 3.32. The summed E-state index contributed by atoms with van der Waals surface area (Å²) in [7, 11) is -0.770.